The summed E-state index contributed by atoms with van der Waals surface area (Å²) in [7, 11) is 1.93. The fraction of sp³-hybridized carbons (Fsp3) is 0.133. The molecule has 0 aliphatic heterocycles. The topological polar surface area (TPSA) is 83.3 Å². The second-order valence-electron chi connectivity index (χ2n) is 4.89. The van der Waals surface area contributed by atoms with E-state index in [0.29, 0.717) is 5.56 Å². The van der Waals surface area contributed by atoms with Gasteiger partial charge in [-0.15, -0.1) is 0 Å². The molecule has 0 aliphatic rings. The molecule has 0 unspecified atom stereocenters. The SMILES string of the molecule is Cc1cc2c(N(C)c3cccc(C(=N)N)c3)nccn2n1. The summed E-state index contributed by atoms with van der Waals surface area (Å²) in [6.07, 6.45) is 3.55. The van der Waals surface area contributed by atoms with Crippen LogP contribution in [0.1, 0.15) is 11.3 Å². The standard InChI is InChI=1S/C15H16N6/c1-10-8-13-15(18-6-7-21(13)19-10)20(2)12-5-3-4-11(9-12)14(16)17/h3-9H,1-2H3,(H3,16,17). The number of aromatic nitrogens is 3. The van der Waals surface area contributed by atoms with Crippen LogP contribution >= 0.6 is 0 Å². The van der Waals surface area contributed by atoms with E-state index >= 15 is 0 Å². The minimum Gasteiger partial charge on any atom is -0.384 e. The van der Waals surface area contributed by atoms with Crippen LogP contribution in [0, 0.1) is 12.3 Å². The van der Waals surface area contributed by atoms with Crippen molar-refractivity contribution in [3.8, 4) is 0 Å². The van der Waals surface area contributed by atoms with E-state index in [4.69, 9.17) is 11.1 Å². The molecule has 2 heterocycles. The van der Waals surface area contributed by atoms with Gasteiger partial charge in [-0.25, -0.2) is 9.50 Å². The monoisotopic (exact) mass is 280 g/mol. The zero-order chi connectivity index (χ0) is 15.0. The average Bonchev–Trinajstić information content (AvgIpc) is 2.86. The molecule has 6 heteroatoms. The van der Waals surface area contributed by atoms with E-state index in [9.17, 15) is 0 Å². The Balaban J connectivity index is 2.10. The molecule has 0 radical (unpaired) electrons. The second kappa shape index (κ2) is 4.90. The molecule has 0 aliphatic carbocycles. The number of amidine groups is 1. The Kier molecular flexibility index (Phi) is 3.06. The van der Waals surface area contributed by atoms with Gasteiger partial charge >= 0.3 is 0 Å². The van der Waals surface area contributed by atoms with Gasteiger partial charge in [-0.2, -0.15) is 5.10 Å². The molecule has 6 nitrogen and oxygen atoms in total. The summed E-state index contributed by atoms with van der Waals surface area (Å²) >= 11 is 0. The number of rotatable bonds is 3. The number of nitrogens with one attached hydrogen (secondary N) is 1. The van der Waals surface area contributed by atoms with Gasteiger partial charge in [0, 0.05) is 30.7 Å². The summed E-state index contributed by atoms with van der Waals surface area (Å²) in [6.45, 7) is 1.95. The van der Waals surface area contributed by atoms with Gasteiger partial charge in [0.1, 0.15) is 11.4 Å². The van der Waals surface area contributed by atoms with Crippen molar-refractivity contribution in [2.75, 3.05) is 11.9 Å². The smallest absolute Gasteiger partial charge is 0.158 e. The number of anilines is 2. The highest BCUT2D eigenvalue weighted by Crippen LogP contribution is 2.26. The van der Waals surface area contributed by atoms with Crippen LogP contribution in [0.4, 0.5) is 11.5 Å². The van der Waals surface area contributed by atoms with E-state index in [0.717, 1.165) is 22.7 Å². The number of nitrogens with two attached hydrogens (primary N) is 1. The van der Waals surface area contributed by atoms with Crippen molar-refractivity contribution >= 4 is 22.9 Å². The van der Waals surface area contributed by atoms with Gasteiger partial charge in [-0.3, -0.25) is 5.41 Å². The number of aryl methyl sites for hydroxylation is 1. The van der Waals surface area contributed by atoms with E-state index in [2.05, 4.69) is 10.1 Å². The lowest BCUT2D eigenvalue weighted by Gasteiger charge is -2.19. The Morgan fingerprint density at radius 2 is 2.14 bits per heavy atom. The summed E-state index contributed by atoms with van der Waals surface area (Å²) in [6, 6.07) is 9.52. The second-order valence-corrected chi connectivity index (χ2v) is 4.89. The van der Waals surface area contributed by atoms with E-state index < -0.39 is 0 Å². The maximum atomic E-state index is 7.54. The largest absolute Gasteiger partial charge is 0.384 e. The van der Waals surface area contributed by atoms with Crippen molar-refractivity contribution in [1.82, 2.24) is 14.6 Å². The first-order valence-electron chi connectivity index (χ1n) is 6.55. The van der Waals surface area contributed by atoms with Gasteiger partial charge in [0.05, 0.1) is 5.69 Å². The van der Waals surface area contributed by atoms with Crippen LogP contribution in [-0.2, 0) is 0 Å². The molecule has 0 saturated heterocycles. The van der Waals surface area contributed by atoms with Gasteiger partial charge in [0.25, 0.3) is 0 Å². The van der Waals surface area contributed by atoms with Crippen molar-refractivity contribution < 1.29 is 0 Å². The zero-order valence-electron chi connectivity index (χ0n) is 11.9. The molecule has 0 saturated carbocycles. The minimum atomic E-state index is 0.0524. The molecule has 106 valence electrons. The van der Waals surface area contributed by atoms with Gasteiger partial charge in [0.15, 0.2) is 5.82 Å². The highest BCUT2D eigenvalue weighted by atomic mass is 15.3. The van der Waals surface area contributed by atoms with E-state index in [1.807, 2.05) is 59.9 Å². The molecular formula is C15H16N6. The third-order valence-electron chi connectivity index (χ3n) is 3.35. The lowest BCUT2D eigenvalue weighted by Crippen LogP contribution is -2.15. The average molecular weight is 280 g/mol. The summed E-state index contributed by atoms with van der Waals surface area (Å²) in [4.78, 5) is 6.41. The first-order chi connectivity index (χ1) is 10.1. The molecule has 0 spiro atoms. The van der Waals surface area contributed by atoms with Gasteiger partial charge in [-0.1, -0.05) is 12.1 Å². The summed E-state index contributed by atoms with van der Waals surface area (Å²) in [5.74, 6) is 0.857. The number of nitrogen functional groups attached to an aromatic ring is 1. The van der Waals surface area contributed by atoms with Gasteiger partial charge < -0.3 is 10.6 Å². The van der Waals surface area contributed by atoms with Crippen LogP contribution < -0.4 is 10.6 Å². The van der Waals surface area contributed by atoms with E-state index in [1.165, 1.54) is 0 Å². The fourth-order valence-electron chi connectivity index (χ4n) is 2.29. The summed E-state index contributed by atoms with van der Waals surface area (Å²) in [5, 5.41) is 11.9. The number of fused-ring (bicyclic) bond motifs is 1. The van der Waals surface area contributed by atoms with Crippen molar-refractivity contribution in [2.45, 2.75) is 6.92 Å². The van der Waals surface area contributed by atoms with E-state index in [1.54, 1.807) is 6.20 Å². The first-order valence-corrected chi connectivity index (χ1v) is 6.55. The maximum Gasteiger partial charge on any atom is 0.158 e. The molecule has 2 aromatic heterocycles. The van der Waals surface area contributed by atoms with Crippen molar-refractivity contribution in [2.24, 2.45) is 5.73 Å². The fourth-order valence-corrected chi connectivity index (χ4v) is 2.29. The molecular weight excluding hydrogens is 264 g/mol. The third-order valence-corrected chi connectivity index (χ3v) is 3.35. The quantitative estimate of drug-likeness (QED) is 0.568. The van der Waals surface area contributed by atoms with E-state index in [-0.39, 0.29) is 5.84 Å². The van der Waals surface area contributed by atoms with Gasteiger partial charge in [-0.05, 0) is 25.1 Å². The molecule has 3 N–H and O–H groups in total. The van der Waals surface area contributed by atoms with Crippen molar-refractivity contribution in [3.05, 3.63) is 54.0 Å². The molecule has 3 aromatic rings. The lowest BCUT2D eigenvalue weighted by molar-refractivity contribution is 0.917. The number of nitrogens with zero attached hydrogens (tertiary/aromatic N) is 4. The van der Waals surface area contributed by atoms with Crippen LogP contribution in [0.15, 0.2) is 42.7 Å². The molecule has 1 aromatic carbocycles. The van der Waals surface area contributed by atoms with Crippen LogP contribution in [0.5, 0.6) is 0 Å². The van der Waals surface area contributed by atoms with Crippen LogP contribution in [0.3, 0.4) is 0 Å². The van der Waals surface area contributed by atoms with Crippen LogP contribution in [0.25, 0.3) is 5.52 Å². The molecule has 0 amide bonds. The first kappa shape index (κ1) is 13.1. The Morgan fingerprint density at radius 3 is 2.90 bits per heavy atom. The summed E-state index contributed by atoms with van der Waals surface area (Å²) < 4.78 is 1.81. The zero-order valence-corrected chi connectivity index (χ0v) is 11.9. The van der Waals surface area contributed by atoms with Crippen molar-refractivity contribution in [1.29, 1.82) is 5.41 Å². The van der Waals surface area contributed by atoms with Crippen LogP contribution in [-0.4, -0.2) is 27.5 Å². The molecule has 0 fully saturated rings. The molecule has 0 atom stereocenters. The highest BCUT2D eigenvalue weighted by Gasteiger charge is 2.12. The number of benzene rings is 1. The Morgan fingerprint density at radius 1 is 1.33 bits per heavy atom. The minimum absolute atomic E-state index is 0.0524. The Bertz CT molecular complexity index is 820. The summed E-state index contributed by atoms with van der Waals surface area (Å²) in [5.41, 5.74) is 9.04. The molecule has 21 heavy (non-hydrogen) atoms. The van der Waals surface area contributed by atoms with Crippen LogP contribution in [0.2, 0.25) is 0 Å². The highest BCUT2D eigenvalue weighted by molar-refractivity contribution is 5.96. The maximum absolute atomic E-state index is 7.54. The molecule has 0 bridgehead atoms. The third kappa shape index (κ3) is 2.31. The Hall–Kier alpha value is -2.89. The molecule has 3 rings (SSSR count). The normalized spacial score (nSPS) is 10.8. The number of hydrogen-bond acceptors (Lipinski definition) is 4. The predicted molar refractivity (Wildman–Crippen MR) is 83.2 cm³/mol. The predicted octanol–water partition coefficient (Wildman–Crippen LogP) is 2.09. The lowest BCUT2D eigenvalue weighted by atomic mass is 10.1. The van der Waals surface area contributed by atoms with Crippen molar-refractivity contribution in [3.63, 3.8) is 0 Å². The number of hydrogen-bond donors (Lipinski definition) is 2. The Labute approximate surface area is 122 Å². The van der Waals surface area contributed by atoms with Gasteiger partial charge in [0.2, 0.25) is 0 Å².